The lowest BCUT2D eigenvalue weighted by atomic mass is 10.0. The Morgan fingerprint density at radius 2 is 0.765 bits per heavy atom. The van der Waals surface area contributed by atoms with Gasteiger partial charge in [0.05, 0.1) is 6.10 Å². The van der Waals surface area contributed by atoms with Crippen LogP contribution in [0.15, 0.2) is 0 Å². The van der Waals surface area contributed by atoms with Crippen molar-refractivity contribution in [3.05, 3.63) is 0 Å². The maximum Gasteiger partial charge on any atom is 0.471 e. The van der Waals surface area contributed by atoms with Gasteiger partial charge in [0, 0.05) is 6.42 Å². The van der Waals surface area contributed by atoms with Crippen LogP contribution in [0, 0.1) is 0 Å². The van der Waals surface area contributed by atoms with Gasteiger partial charge in [-0.1, -0.05) is 226 Å². The number of phosphoric ester groups is 1. The SMILES string of the molecule is CCCCCCCCCCCCCCCCCCCCCCCC(=O)N[C@H](C(O)OP(=O)(O)O)[C@H](O)CCCCCCCCCCCCCCC. The Morgan fingerprint density at radius 3 is 1.06 bits per heavy atom. The van der Waals surface area contributed by atoms with Crippen molar-refractivity contribution in [2.24, 2.45) is 0 Å². The van der Waals surface area contributed by atoms with E-state index in [1.165, 1.54) is 167 Å². The topological polar surface area (TPSA) is 136 Å². The smallest absolute Gasteiger partial charge is 0.391 e. The van der Waals surface area contributed by atoms with Crippen LogP contribution in [0.4, 0.5) is 0 Å². The predicted molar refractivity (Wildman–Crippen MR) is 215 cm³/mol. The maximum atomic E-state index is 12.6. The summed E-state index contributed by atoms with van der Waals surface area (Å²) in [6.45, 7) is 4.52. The van der Waals surface area contributed by atoms with Gasteiger partial charge >= 0.3 is 7.82 Å². The molecule has 0 spiro atoms. The molecule has 5 N–H and O–H groups in total. The standard InChI is InChI=1S/C42H86NO7P/c1-3-5-7-9-11-13-15-17-18-19-20-21-22-23-24-26-28-30-32-34-36-38-40(45)43-41(42(46)50-51(47,48)49)39(44)37-35-33-31-29-27-25-16-14-12-10-8-6-4-2/h39,41-42,44,46H,3-38H2,1-2H3,(H,43,45)(H2,47,48,49)/t39-,41+,42?/m1/s1. The summed E-state index contributed by atoms with van der Waals surface area (Å²) in [6.07, 6.45) is 40.2. The van der Waals surface area contributed by atoms with Gasteiger partial charge < -0.3 is 25.3 Å². The molecule has 0 radical (unpaired) electrons. The first-order valence-corrected chi connectivity index (χ1v) is 23.6. The highest BCUT2D eigenvalue weighted by molar-refractivity contribution is 7.46. The van der Waals surface area contributed by atoms with Crippen molar-refractivity contribution in [3.63, 3.8) is 0 Å². The van der Waals surface area contributed by atoms with Crippen LogP contribution in [0.3, 0.4) is 0 Å². The molecule has 9 heteroatoms. The summed E-state index contributed by atoms with van der Waals surface area (Å²) in [5, 5.41) is 23.7. The zero-order chi connectivity index (χ0) is 37.7. The van der Waals surface area contributed by atoms with Gasteiger partial charge in [-0.25, -0.2) is 4.57 Å². The van der Waals surface area contributed by atoms with Crippen molar-refractivity contribution >= 4 is 13.7 Å². The number of hydrogen-bond acceptors (Lipinski definition) is 5. The molecule has 0 saturated carbocycles. The van der Waals surface area contributed by atoms with Crippen LogP contribution < -0.4 is 5.32 Å². The van der Waals surface area contributed by atoms with Crippen LogP contribution in [0.5, 0.6) is 0 Å². The molecule has 1 amide bonds. The second-order valence-electron chi connectivity index (χ2n) is 15.5. The summed E-state index contributed by atoms with van der Waals surface area (Å²) in [6, 6.07) is -1.29. The molecular weight excluding hydrogens is 661 g/mol. The number of aliphatic hydroxyl groups excluding tert-OH is 2. The van der Waals surface area contributed by atoms with Crippen molar-refractivity contribution in [1.82, 2.24) is 5.32 Å². The molecule has 3 atom stereocenters. The number of nitrogens with one attached hydrogen (secondary N) is 1. The zero-order valence-electron chi connectivity index (χ0n) is 33.6. The fourth-order valence-electron chi connectivity index (χ4n) is 7.09. The van der Waals surface area contributed by atoms with Gasteiger partial charge in [0.15, 0.2) is 6.29 Å². The van der Waals surface area contributed by atoms with E-state index in [1.54, 1.807) is 0 Å². The average Bonchev–Trinajstić information content (AvgIpc) is 3.09. The first kappa shape index (κ1) is 50.5. The lowest BCUT2D eigenvalue weighted by Gasteiger charge is -2.28. The van der Waals surface area contributed by atoms with Crippen LogP contribution in [0.1, 0.15) is 245 Å². The number of carbonyl (C=O) groups is 1. The fourth-order valence-corrected chi connectivity index (χ4v) is 7.50. The third kappa shape index (κ3) is 37.6. The number of carbonyl (C=O) groups excluding carboxylic acids is 1. The Balaban J connectivity index is 3.92. The largest absolute Gasteiger partial charge is 0.471 e. The lowest BCUT2D eigenvalue weighted by Crippen LogP contribution is -2.51. The van der Waals surface area contributed by atoms with Gasteiger partial charge in [0.25, 0.3) is 0 Å². The van der Waals surface area contributed by atoms with E-state index in [1.807, 2.05) is 0 Å². The summed E-state index contributed by atoms with van der Waals surface area (Å²) >= 11 is 0. The van der Waals surface area contributed by atoms with Crippen LogP contribution in [0.25, 0.3) is 0 Å². The molecule has 8 nitrogen and oxygen atoms in total. The van der Waals surface area contributed by atoms with Gasteiger partial charge in [-0.15, -0.1) is 0 Å². The van der Waals surface area contributed by atoms with E-state index >= 15 is 0 Å². The molecule has 51 heavy (non-hydrogen) atoms. The Hall–Kier alpha value is -0.500. The first-order chi connectivity index (χ1) is 24.7. The number of hydrogen-bond donors (Lipinski definition) is 5. The normalized spacial score (nSPS) is 13.8. The molecule has 0 aliphatic rings. The third-order valence-electron chi connectivity index (χ3n) is 10.4. The van der Waals surface area contributed by atoms with E-state index in [9.17, 15) is 29.4 Å². The lowest BCUT2D eigenvalue weighted by molar-refractivity contribution is -0.131. The maximum absolute atomic E-state index is 12.6. The quantitative estimate of drug-likeness (QED) is 0.0238. The summed E-state index contributed by atoms with van der Waals surface area (Å²) in [5.74, 6) is -0.351. The molecule has 0 aliphatic carbocycles. The highest BCUT2D eigenvalue weighted by atomic mass is 31.2. The molecule has 0 aromatic carbocycles. The van der Waals surface area contributed by atoms with E-state index in [2.05, 4.69) is 23.7 Å². The van der Waals surface area contributed by atoms with Crippen LogP contribution in [0.2, 0.25) is 0 Å². The van der Waals surface area contributed by atoms with Crippen molar-refractivity contribution < 1.29 is 33.9 Å². The number of aliphatic hydroxyl groups is 2. The van der Waals surface area contributed by atoms with Gasteiger partial charge in [-0.05, 0) is 12.8 Å². The Bertz CT molecular complexity index is 780. The van der Waals surface area contributed by atoms with E-state index in [4.69, 9.17) is 0 Å². The van der Waals surface area contributed by atoms with Gasteiger partial charge in [0.2, 0.25) is 5.91 Å². The zero-order valence-corrected chi connectivity index (χ0v) is 34.5. The highest BCUT2D eigenvalue weighted by Gasteiger charge is 2.33. The first-order valence-electron chi connectivity index (χ1n) is 22.1. The minimum Gasteiger partial charge on any atom is -0.391 e. The van der Waals surface area contributed by atoms with Gasteiger partial charge in [-0.2, -0.15) is 0 Å². The molecular formula is C42H86NO7P. The second kappa shape index (κ2) is 37.8. The number of amides is 1. The molecule has 1 unspecified atom stereocenters. The number of unbranched alkanes of at least 4 members (excludes halogenated alkanes) is 32. The molecule has 0 fully saturated rings. The van der Waals surface area contributed by atoms with E-state index in [0.29, 0.717) is 19.3 Å². The summed E-state index contributed by atoms with van der Waals surface area (Å²) in [5.41, 5.74) is 0. The third-order valence-corrected chi connectivity index (χ3v) is 10.9. The van der Waals surface area contributed by atoms with E-state index in [0.717, 1.165) is 38.5 Å². The van der Waals surface area contributed by atoms with Crippen molar-refractivity contribution in [2.45, 2.75) is 263 Å². The molecule has 0 saturated heterocycles. The summed E-state index contributed by atoms with van der Waals surface area (Å²) in [7, 11) is -4.99. The molecule has 0 heterocycles. The summed E-state index contributed by atoms with van der Waals surface area (Å²) < 4.78 is 15.8. The monoisotopic (exact) mass is 748 g/mol. The second-order valence-corrected chi connectivity index (χ2v) is 16.7. The minimum atomic E-state index is -4.99. The number of rotatable bonds is 41. The Morgan fingerprint density at radius 1 is 0.490 bits per heavy atom. The van der Waals surface area contributed by atoms with Crippen LogP contribution in [-0.2, 0) is 13.9 Å². The van der Waals surface area contributed by atoms with Crippen molar-refractivity contribution in [1.29, 1.82) is 0 Å². The molecule has 0 rings (SSSR count). The minimum absolute atomic E-state index is 0.240. The Kier molecular flexibility index (Phi) is 37.4. The molecule has 306 valence electrons. The van der Waals surface area contributed by atoms with Gasteiger partial charge in [0.1, 0.15) is 6.04 Å². The van der Waals surface area contributed by atoms with E-state index < -0.39 is 26.3 Å². The van der Waals surface area contributed by atoms with Gasteiger partial charge in [-0.3, -0.25) is 9.32 Å². The van der Waals surface area contributed by atoms with Crippen molar-refractivity contribution in [3.8, 4) is 0 Å². The van der Waals surface area contributed by atoms with Crippen LogP contribution in [-0.4, -0.2) is 44.3 Å². The molecule has 0 aromatic heterocycles. The fraction of sp³-hybridized carbons (Fsp3) is 0.976. The Labute approximate surface area is 315 Å². The molecule has 0 bridgehead atoms. The summed E-state index contributed by atoms with van der Waals surface area (Å²) in [4.78, 5) is 31.0. The van der Waals surface area contributed by atoms with Crippen molar-refractivity contribution in [2.75, 3.05) is 0 Å². The molecule has 0 aliphatic heterocycles. The highest BCUT2D eigenvalue weighted by Crippen LogP contribution is 2.38. The van der Waals surface area contributed by atoms with Crippen LogP contribution >= 0.6 is 7.82 Å². The molecule has 0 aromatic rings. The number of phosphoric acid groups is 1. The van der Waals surface area contributed by atoms with E-state index in [-0.39, 0.29) is 12.3 Å². The average molecular weight is 748 g/mol. The predicted octanol–water partition coefficient (Wildman–Crippen LogP) is 12.3.